The number of benzene rings is 1. The van der Waals surface area contributed by atoms with Gasteiger partial charge in [-0.25, -0.2) is 0 Å². The van der Waals surface area contributed by atoms with Gasteiger partial charge in [0.1, 0.15) is 0 Å². The molecule has 0 atom stereocenters. The lowest BCUT2D eigenvalue weighted by molar-refractivity contribution is -0.129. The number of carbonyl (C=O) groups excluding carboxylic acids is 2. The fourth-order valence-electron chi connectivity index (χ4n) is 3.10. The number of hydrogen-bond donors (Lipinski definition) is 0. The number of likely N-dealkylation sites (tertiary alicyclic amines) is 1. The molecule has 2 amide bonds. The minimum atomic E-state index is -0.204. The lowest BCUT2D eigenvalue weighted by atomic mass is 10.1. The van der Waals surface area contributed by atoms with Crippen LogP contribution in [0.2, 0.25) is 0 Å². The van der Waals surface area contributed by atoms with Gasteiger partial charge in [0, 0.05) is 26.7 Å². The average Bonchev–Trinajstić information content (AvgIpc) is 3.03. The van der Waals surface area contributed by atoms with Gasteiger partial charge in [-0.3, -0.25) is 9.59 Å². The zero-order chi connectivity index (χ0) is 19.1. The van der Waals surface area contributed by atoms with Gasteiger partial charge in [-0.15, -0.1) is 11.8 Å². The molecule has 0 aliphatic carbocycles. The molecule has 0 radical (unpaired) electrons. The van der Waals surface area contributed by atoms with Crippen LogP contribution in [0.1, 0.15) is 19.3 Å². The Hall–Kier alpha value is -1.64. The zero-order valence-electron chi connectivity index (χ0n) is 15.6. The molecule has 6 nitrogen and oxygen atoms in total. The van der Waals surface area contributed by atoms with Gasteiger partial charge in [-0.1, -0.05) is 23.5 Å². The Bertz CT molecular complexity index is 853. The number of carbonyl (C=O) groups is 2. The second kappa shape index (κ2) is 10.1. The number of nitrogens with zero attached hydrogens (tertiary/aromatic N) is 3. The summed E-state index contributed by atoms with van der Waals surface area (Å²) in [7, 11) is 1.66. The monoisotopic (exact) mass is 407 g/mol. The summed E-state index contributed by atoms with van der Waals surface area (Å²) in [6, 6.07) is 8.01. The summed E-state index contributed by atoms with van der Waals surface area (Å²) >= 11 is 2.85. The molecule has 1 aliphatic rings. The Morgan fingerprint density at radius 2 is 1.96 bits per heavy atom. The first kappa shape index (κ1) is 20.1. The van der Waals surface area contributed by atoms with Crippen molar-refractivity contribution in [2.45, 2.75) is 25.8 Å². The number of amides is 2. The first-order valence-corrected chi connectivity index (χ1v) is 11.2. The summed E-state index contributed by atoms with van der Waals surface area (Å²) in [6.45, 7) is 2.90. The Labute approximate surface area is 167 Å². The molecule has 146 valence electrons. The SMILES string of the molecule is COCCn1c(=NC(=O)CSCC(=O)N2CCCCC2)sc2ccccc21. The smallest absolute Gasteiger partial charge is 0.258 e. The number of aromatic nitrogens is 1. The Morgan fingerprint density at radius 1 is 1.19 bits per heavy atom. The highest BCUT2D eigenvalue weighted by Crippen LogP contribution is 2.17. The Morgan fingerprint density at radius 3 is 2.74 bits per heavy atom. The highest BCUT2D eigenvalue weighted by Gasteiger charge is 2.16. The largest absolute Gasteiger partial charge is 0.383 e. The Balaban J connectivity index is 1.63. The molecule has 2 aromatic rings. The van der Waals surface area contributed by atoms with E-state index in [0.29, 0.717) is 23.7 Å². The number of ether oxygens (including phenoxy) is 1. The molecule has 1 aromatic carbocycles. The normalized spacial score (nSPS) is 15.4. The average molecular weight is 408 g/mol. The van der Waals surface area contributed by atoms with Crippen molar-refractivity contribution in [1.29, 1.82) is 0 Å². The van der Waals surface area contributed by atoms with E-state index in [4.69, 9.17) is 4.74 Å². The molecule has 8 heteroatoms. The van der Waals surface area contributed by atoms with Crippen molar-refractivity contribution in [3.8, 4) is 0 Å². The van der Waals surface area contributed by atoms with Crippen LogP contribution in [0.5, 0.6) is 0 Å². The van der Waals surface area contributed by atoms with Crippen molar-refractivity contribution in [1.82, 2.24) is 9.47 Å². The van der Waals surface area contributed by atoms with Crippen molar-refractivity contribution in [2.75, 3.05) is 38.3 Å². The molecule has 0 spiro atoms. The maximum Gasteiger partial charge on any atom is 0.258 e. The fourth-order valence-corrected chi connectivity index (χ4v) is 4.88. The van der Waals surface area contributed by atoms with E-state index in [2.05, 4.69) is 4.99 Å². The van der Waals surface area contributed by atoms with Crippen LogP contribution in [0.4, 0.5) is 0 Å². The summed E-state index contributed by atoms with van der Waals surface area (Å²) in [5, 5.41) is 0. The second-order valence-corrected chi connectivity index (χ2v) is 8.43. The molecule has 0 unspecified atom stereocenters. The lowest BCUT2D eigenvalue weighted by Crippen LogP contribution is -2.36. The second-order valence-electron chi connectivity index (χ2n) is 6.44. The summed E-state index contributed by atoms with van der Waals surface area (Å²) in [4.78, 5) is 31.4. The van der Waals surface area contributed by atoms with Gasteiger partial charge in [-0.05, 0) is 31.4 Å². The third kappa shape index (κ3) is 5.43. The van der Waals surface area contributed by atoms with E-state index >= 15 is 0 Å². The fraction of sp³-hybridized carbons (Fsp3) is 0.526. The predicted octanol–water partition coefficient (Wildman–Crippen LogP) is 2.52. The summed E-state index contributed by atoms with van der Waals surface area (Å²) in [5.74, 6) is 0.490. The van der Waals surface area contributed by atoms with Crippen LogP contribution < -0.4 is 4.80 Å². The van der Waals surface area contributed by atoms with Crippen molar-refractivity contribution in [2.24, 2.45) is 4.99 Å². The number of methoxy groups -OCH3 is 1. The van der Waals surface area contributed by atoms with Crippen LogP contribution in [-0.2, 0) is 20.9 Å². The number of fused-ring (bicyclic) bond motifs is 1. The first-order chi connectivity index (χ1) is 13.2. The van der Waals surface area contributed by atoms with E-state index in [1.54, 1.807) is 7.11 Å². The molecular weight excluding hydrogens is 382 g/mol. The highest BCUT2D eigenvalue weighted by atomic mass is 32.2. The molecule has 0 saturated carbocycles. The van der Waals surface area contributed by atoms with Crippen LogP contribution in [-0.4, -0.2) is 59.6 Å². The number of thioether (sulfide) groups is 1. The topological polar surface area (TPSA) is 63.9 Å². The van der Waals surface area contributed by atoms with E-state index in [-0.39, 0.29) is 17.6 Å². The standard InChI is InChI=1S/C19H25N3O3S2/c1-25-12-11-22-15-7-3-4-8-16(15)27-19(22)20-17(23)13-26-14-18(24)21-9-5-2-6-10-21/h3-4,7-8H,2,5-6,9-14H2,1H3. The number of para-hydroxylation sites is 1. The van der Waals surface area contributed by atoms with E-state index < -0.39 is 0 Å². The van der Waals surface area contributed by atoms with Gasteiger partial charge < -0.3 is 14.2 Å². The summed E-state index contributed by atoms with van der Waals surface area (Å²) in [6.07, 6.45) is 3.36. The third-order valence-electron chi connectivity index (χ3n) is 4.49. The van der Waals surface area contributed by atoms with Gasteiger partial charge in [-0.2, -0.15) is 4.99 Å². The molecule has 0 bridgehead atoms. The number of piperidine rings is 1. The van der Waals surface area contributed by atoms with Crippen molar-refractivity contribution >= 4 is 45.1 Å². The molecule has 1 aromatic heterocycles. The van der Waals surface area contributed by atoms with Gasteiger partial charge in [0.05, 0.1) is 28.3 Å². The molecular formula is C19H25N3O3S2. The number of rotatable bonds is 7. The van der Waals surface area contributed by atoms with Crippen LogP contribution in [0.3, 0.4) is 0 Å². The summed E-state index contributed by atoms with van der Waals surface area (Å²) < 4.78 is 8.29. The minimum Gasteiger partial charge on any atom is -0.383 e. The molecule has 3 rings (SSSR count). The zero-order valence-corrected chi connectivity index (χ0v) is 17.2. The molecule has 1 aliphatic heterocycles. The quantitative estimate of drug-likeness (QED) is 0.708. The maximum absolute atomic E-state index is 12.3. The van der Waals surface area contributed by atoms with Gasteiger partial charge in [0.2, 0.25) is 5.91 Å². The lowest BCUT2D eigenvalue weighted by Gasteiger charge is -2.26. The van der Waals surface area contributed by atoms with Crippen LogP contribution >= 0.6 is 23.1 Å². The van der Waals surface area contributed by atoms with E-state index in [1.165, 1.54) is 29.5 Å². The predicted molar refractivity (Wildman–Crippen MR) is 110 cm³/mol. The van der Waals surface area contributed by atoms with Crippen LogP contribution in [0, 0.1) is 0 Å². The Kier molecular flexibility index (Phi) is 7.49. The molecule has 0 N–H and O–H groups in total. The van der Waals surface area contributed by atoms with Gasteiger partial charge in [0.15, 0.2) is 4.80 Å². The summed E-state index contributed by atoms with van der Waals surface area (Å²) in [5.41, 5.74) is 1.05. The van der Waals surface area contributed by atoms with Crippen molar-refractivity contribution < 1.29 is 14.3 Å². The number of thiazole rings is 1. The molecule has 1 fully saturated rings. The molecule has 27 heavy (non-hydrogen) atoms. The first-order valence-electron chi connectivity index (χ1n) is 9.19. The van der Waals surface area contributed by atoms with E-state index in [0.717, 1.165) is 36.1 Å². The maximum atomic E-state index is 12.3. The van der Waals surface area contributed by atoms with E-state index in [1.807, 2.05) is 33.7 Å². The minimum absolute atomic E-state index is 0.129. The van der Waals surface area contributed by atoms with Crippen LogP contribution in [0.25, 0.3) is 10.2 Å². The number of hydrogen-bond acceptors (Lipinski definition) is 5. The van der Waals surface area contributed by atoms with Crippen LogP contribution in [0.15, 0.2) is 29.3 Å². The van der Waals surface area contributed by atoms with Gasteiger partial charge >= 0.3 is 0 Å². The third-order valence-corrected chi connectivity index (χ3v) is 6.45. The molecule has 1 saturated heterocycles. The van der Waals surface area contributed by atoms with Crippen molar-refractivity contribution in [3.63, 3.8) is 0 Å². The van der Waals surface area contributed by atoms with Crippen molar-refractivity contribution in [3.05, 3.63) is 29.1 Å². The van der Waals surface area contributed by atoms with E-state index in [9.17, 15) is 9.59 Å². The highest BCUT2D eigenvalue weighted by molar-refractivity contribution is 8.00. The van der Waals surface area contributed by atoms with Gasteiger partial charge in [0.25, 0.3) is 5.91 Å². The molecule has 2 heterocycles.